The molecular formula is C26H24N4O3. The maximum Gasteiger partial charge on any atom is 0.295 e. The highest BCUT2D eigenvalue weighted by atomic mass is 16.6. The molecule has 0 radical (unpaired) electrons. The van der Waals surface area contributed by atoms with Crippen LogP contribution in [0, 0.1) is 17.0 Å². The van der Waals surface area contributed by atoms with Crippen LogP contribution in [0.25, 0.3) is 27.7 Å². The van der Waals surface area contributed by atoms with E-state index in [-0.39, 0.29) is 16.9 Å². The zero-order valence-corrected chi connectivity index (χ0v) is 18.4. The summed E-state index contributed by atoms with van der Waals surface area (Å²) in [6, 6.07) is 20.2. The van der Waals surface area contributed by atoms with Gasteiger partial charge in [0.2, 0.25) is 0 Å². The van der Waals surface area contributed by atoms with Crippen LogP contribution in [-0.2, 0) is 0 Å². The molecule has 0 amide bonds. The minimum absolute atomic E-state index is 0.143. The van der Waals surface area contributed by atoms with Gasteiger partial charge in [-0.3, -0.25) is 14.9 Å². The Balaban J connectivity index is 1.79. The number of rotatable bonds is 4. The molecule has 3 aromatic carbocycles. The molecule has 1 aromatic heterocycles. The summed E-state index contributed by atoms with van der Waals surface area (Å²) in [5.74, 6) is 0. The van der Waals surface area contributed by atoms with Crippen molar-refractivity contribution in [3.8, 4) is 16.9 Å². The molecule has 2 heterocycles. The highest BCUT2D eigenvalue weighted by Gasteiger charge is 2.23. The Labute approximate surface area is 191 Å². The van der Waals surface area contributed by atoms with Crippen molar-refractivity contribution < 1.29 is 4.92 Å². The van der Waals surface area contributed by atoms with Crippen molar-refractivity contribution in [1.82, 2.24) is 9.78 Å². The molecule has 0 unspecified atom stereocenters. The summed E-state index contributed by atoms with van der Waals surface area (Å²) in [7, 11) is 0. The van der Waals surface area contributed by atoms with Crippen molar-refractivity contribution in [3.05, 3.63) is 92.8 Å². The summed E-state index contributed by atoms with van der Waals surface area (Å²) >= 11 is 0. The molecule has 1 saturated heterocycles. The monoisotopic (exact) mass is 440 g/mol. The first-order valence-electron chi connectivity index (χ1n) is 11.2. The van der Waals surface area contributed by atoms with Gasteiger partial charge in [0.15, 0.2) is 0 Å². The number of piperidine rings is 1. The number of benzene rings is 3. The molecule has 4 aromatic rings. The fourth-order valence-corrected chi connectivity index (χ4v) is 4.51. The first-order valence-corrected chi connectivity index (χ1v) is 11.2. The second-order valence-electron chi connectivity index (χ2n) is 8.46. The van der Waals surface area contributed by atoms with Crippen LogP contribution in [0.4, 0.5) is 11.4 Å². The Morgan fingerprint density at radius 1 is 0.909 bits per heavy atom. The van der Waals surface area contributed by atoms with Crippen LogP contribution < -0.4 is 10.5 Å². The van der Waals surface area contributed by atoms with E-state index >= 15 is 0 Å². The average molecular weight is 441 g/mol. The lowest BCUT2D eigenvalue weighted by Crippen LogP contribution is -2.30. The number of anilines is 1. The van der Waals surface area contributed by atoms with E-state index in [2.05, 4.69) is 4.90 Å². The van der Waals surface area contributed by atoms with E-state index < -0.39 is 4.92 Å². The number of hydrogen-bond acceptors (Lipinski definition) is 5. The molecule has 0 bridgehead atoms. The number of nitrogens with zero attached hydrogens (tertiary/aromatic N) is 4. The van der Waals surface area contributed by atoms with Gasteiger partial charge in [-0.1, -0.05) is 42.0 Å². The number of fused-ring (bicyclic) bond motifs is 1. The van der Waals surface area contributed by atoms with Crippen LogP contribution in [0.1, 0.15) is 24.8 Å². The lowest BCUT2D eigenvalue weighted by molar-refractivity contribution is -0.384. The Hall–Kier alpha value is -4.00. The van der Waals surface area contributed by atoms with Crippen LogP contribution >= 0.6 is 0 Å². The number of aromatic nitrogens is 2. The van der Waals surface area contributed by atoms with E-state index in [4.69, 9.17) is 5.10 Å². The van der Waals surface area contributed by atoms with E-state index in [1.165, 1.54) is 17.2 Å². The third kappa shape index (κ3) is 3.86. The average Bonchev–Trinajstić information content (AvgIpc) is 2.85. The summed E-state index contributed by atoms with van der Waals surface area (Å²) in [4.78, 5) is 27.2. The summed E-state index contributed by atoms with van der Waals surface area (Å²) in [5.41, 5.74) is 3.02. The predicted octanol–water partition coefficient (Wildman–Crippen LogP) is 5.26. The quantitative estimate of drug-likeness (QED) is 0.319. The number of nitro benzene ring substituents is 1. The van der Waals surface area contributed by atoms with Gasteiger partial charge < -0.3 is 4.90 Å². The van der Waals surface area contributed by atoms with E-state index in [0.29, 0.717) is 11.1 Å². The van der Waals surface area contributed by atoms with Gasteiger partial charge in [-0.25, -0.2) is 0 Å². The van der Waals surface area contributed by atoms with Crippen molar-refractivity contribution >= 4 is 22.1 Å². The maximum absolute atomic E-state index is 13.6. The zero-order valence-electron chi connectivity index (χ0n) is 18.4. The van der Waals surface area contributed by atoms with Gasteiger partial charge in [0.1, 0.15) is 5.69 Å². The topological polar surface area (TPSA) is 81.3 Å². The third-order valence-corrected chi connectivity index (χ3v) is 6.21. The molecule has 0 aliphatic carbocycles. The standard InChI is InChI=1S/C26H24N4O3/c1-18-10-12-21-22(16-18)25(19-8-4-2-5-9-19)27-29(26(21)31)24-17-20(11-13-23(24)30(32)33)28-14-6-3-7-15-28/h2,4-5,8-13,16-17H,3,6-7,14-15H2,1H3. The second-order valence-corrected chi connectivity index (χ2v) is 8.46. The molecule has 0 N–H and O–H groups in total. The van der Waals surface area contributed by atoms with Crippen molar-refractivity contribution in [2.45, 2.75) is 26.2 Å². The van der Waals surface area contributed by atoms with Gasteiger partial charge in [0.05, 0.1) is 16.0 Å². The summed E-state index contributed by atoms with van der Waals surface area (Å²) in [6.45, 7) is 3.75. The summed E-state index contributed by atoms with van der Waals surface area (Å²) < 4.78 is 1.20. The Morgan fingerprint density at radius 2 is 1.67 bits per heavy atom. The highest BCUT2D eigenvalue weighted by molar-refractivity contribution is 5.94. The molecule has 1 aliphatic heterocycles. The van der Waals surface area contributed by atoms with Crippen LogP contribution in [0.2, 0.25) is 0 Å². The maximum atomic E-state index is 13.6. The summed E-state index contributed by atoms with van der Waals surface area (Å²) in [6.07, 6.45) is 3.35. The third-order valence-electron chi connectivity index (χ3n) is 6.21. The molecule has 0 spiro atoms. The fraction of sp³-hybridized carbons (Fsp3) is 0.231. The van der Waals surface area contributed by atoms with Gasteiger partial charge in [0, 0.05) is 35.8 Å². The Kier molecular flexibility index (Phi) is 5.38. The zero-order chi connectivity index (χ0) is 22.9. The van der Waals surface area contributed by atoms with Gasteiger partial charge in [-0.2, -0.15) is 9.78 Å². The molecule has 166 valence electrons. The Bertz CT molecular complexity index is 1410. The molecule has 33 heavy (non-hydrogen) atoms. The van der Waals surface area contributed by atoms with Crippen molar-refractivity contribution in [2.75, 3.05) is 18.0 Å². The molecular weight excluding hydrogens is 416 g/mol. The van der Waals surface area contributed by atoms with E-state index in [1.807, 2.05) is 49.4 Å². The number of hydrogen-bond donors (Lipinski definition) is 0. The van der Waals surface area contributed by atoms with E-state index in [1.54, 1.807) is 18.2 Å². The largest absolute Gasteiger partial charge is 0.371 e. The molecule has 5 rings (SSSR count). The number of aryl methyl sites for hydroxylation is 1. The van der Waals surface area contributed by atoms with Crippen LogP contribution in [0.3, 0.4) is 0 Å². The van der Waals surface area contributed by atoms with Gasteiger partial charge >= 0.3 is 0 Å². The van der Waals surface area contributed by atoms with Crippen molar-refractivity contribution in [3.63, 3.8) is 0 Å². The van der Waals surface area contributed by atoms with E-state index in [0.717, 1.165) is 48.1 Å². The fourth-order valence-electron chi connectivity index (χ4n) is 4.51. The van der Waals surface area contributed by atoms with Crippen LogP contribution in [0.15, 0.2) is 71.5 Å². The molecule has 0 saturated carbocycles. The first-order chi connectivity index (χ1) is 16.0. The van der Waals surface area contributed by atoms with E-state index in [9.17, 15) is 14.9 Å². The summed E-state index contributed by atoms with van der Waals surface area (Å²) in [5, 5.41) is 17.8. The van der Waals surface area contributed by atoms with Crippen LogP contribution in [0.5, 0.6) is 0 Å². The smallest absolute Gasteiger partial charge is 0.295 e. The molecule has 7 nitrogen and oxygen atoms in total. The lowest BCUT2D eigenvalue weighted by atomic mass is 10.0. The lowest BCUT2D eigenvalue weighted by Gasteiger charge is -2.29. The number of nitro groups is 1. The van der Waals surface area contributed by atoms with Crippen LogP contribution in [-0.4, -0.2) is 27.8 Å². The molecule has 0 atom stereocenters. The molecule has 1 aliphatic rings. The second kappa shape index (κ2) is 8.50. The normalized spacial score (nSPS) is 13.9. The SMILES string of the molecule is Cc1ccc2c(=O)n(-c3cc(N4CCCCC4)ccc3[N+](=O)[O-])nc(-c3ccccc3)c2c1. The molecule has 7 heteroatoms. The van der Waals surface area contributed by atoms with Gasteiger partial charge in [0.25, 0.3) is 11.2 Å². The van der Waals surface area contributed by atoms with Gasteiger partial charge in [-0.15, -0.1) is 0 Å². The minimum Gasteiger partial charge on any atom is -0.371 e. The highest BCUT2D eigenvalue weighted by Crippen LogP contribution is 2.31. The van der Waals surface area contributed by atoms with Gasteiger partial charge in [-0.05, 0) is 50.5 Å². The van der Waals surface area contributed by atoms with Crippen molar-refractivity contribution in [1.29, 1.82) is 0 Å². The first kappa shape index (κ1) is 20.9. The minimum atomic E-state index is -0.453. The van der Waals surface area contributed by atoms with Crippen molar-refractivity contribution in [2.24, 2.45) is 0 Å². The molecule has 1 fully saturated rings. The predicted molar refractivity (Wildman–Crippen MR) is 130 cm³/mol. The Morgan fingerprint density at radius 3 is 2.39 bits per heavy atom.